The second-order valence-corrected chi connectivity index (χ2v) is 6.24. The lowest BCUT2D eigenvalue weighted by molar-refractivity contribution is -0.136. The number of hydrogen-bond donors (Lipinski definition) is 3. The summed E-state index contributed by atoms with van der Waals surface area (Å²) >= 11 is 0. The quantitative estimate of drug-likeness (QED) is 0.723. The predicted molar refractivity (Wildman–Crippen MR) is 94.9 cm³/mol. The van der Waals surface area contributed by atoms with Crippen molar-refractivity contribution in [1.82, 2.24) is 5.32 Å². The minimum Gasteiger partial charge on any atom is -0.341 e. The molecule has 1 heterocycles. The Labute approximate surface area is 154 Å². The molecule has 0 fully saturated rings. The van der Waals surface area contributed by atoms with Crippen LogP contribution in [0.15, 0.2) is 36.4 Å². The Bertz CT molecular complexity index is 930. The average Bonchev–Trinajstić information content (AvgIpc) is 2.64. The van der Waals surface area contributed by atoms with Gasteiger partial charge in [-0.15, -0.1) is 0 Å². The molecule has 0 saturated heterocycles. The van der Waals surface area contributed by atoms with Crippen LogP contribution in [-0.2, 0) is 20.8 Å². The van der Waals surface area contributed by atoms with E-state index in [0.717, 1.165) is 35.0 Å². The fourth-order valence-corrected chi connectivity index (χ4v) is 2.79. The molecule has 0 radical (unpaired) electrons. The molecule has 0 spiro atoms. The maximum absolute atomic E-state index is 13.6. The second-order valence-electron chi connectivity index (χ2n) is 6.24. The Morgan fingerprint density at radius 3 is 2.63 bits per heavy atom. The Morgan fingerprint density at radius 1 is 1.07 bits per heavy atom. The van der Waals surface area contributed by atoms with E-state index in [9.17, 15) is 23.2 Å². The largest absolute Gasteiger partial charge is 0.341 e. The summed E-state index contributed by atoms with van der Waals surface area (Å²) in [5, 5.41) is 7.33. The van der Waals surface area contributed by atoms with Gasteiger partial charge in [-0.2, -0.15) is 0 Å². The van der Waals surface area contributed by atoms with Gasteiger partial charge in [-0.25, -0.2) is 8.78 Å². The Balaban J connectivity index is 1.65. The average molecular weight is 373 g/mol. The number of amides is 3. The van der Waals surface area contributed by atoms with E-state index in [1.165, 1.54) is 0 Å². The number of aryl methyl sites for hydroxylation is 1. The highest BCUT2D eigenvalue weighted by Crippen LogP contribution is 2.26. The third-order valence-corrected chi connectivity index (χ3v) is 4.26. The molecule has 1 atom stereocenters. The van der Waals surface area contributed by atoms with Crippen molar-refractivity contribution in [3.8, 4) is 0 Å². The molecule has 1 unspecified atom stereocenters. The van der Waals surface area contributed by atoms with Gasteiger partial charge in [-0.05, 0) is 42.7 Å². The van der Waals surface area contributed by atoms with Gasteiger partial charge in [0.1, 0.15) is 11.6 Å². The van der Waals surface area contributed by atoms with Crippen molar-refractivity contribution in [1.29, 1.82) is 0 Å². The minimum atomic E-state index is -1.10. The molecule has 2 aromatic carbocycles. The van der Waals surface area contributed by atoms with Crippen LogP contribution < -0.4 is 16.0 Å². The van der Waals surface area contributed by atoms with E-state index in [1.807, 2.05) is 11.4 Å². The van der Waals surface area contributed by atoms with Crippen LogP contribution in [0.5, 0.6) is 0 Å². The molecule has 27 heavy (non-hydrogen) atoms. The fourth-order valence-electron chi connectivity index (χ4n) is 2.79. The number of fused-ring (bicyclic) bond motifs is 1. The number of anilines is 2. The first-order valence-electron chi connectivity index (χ1n) is 8.33. The van der Waals surface area contributed by atoms with Gasteiger partial charge in [-0.3, -0.25) is 14.4 Å². The highest BCUT2D eigenvalue weighted by molar-refractivity contribution is 6.39. The summed E-state index contributed by atoms with van der Waals surface area (Å²) in [7, 11) is 0. The van der Waals surface area contributed by atoms with E-state index in [4.69, 9.17) is 0 Å². The smallest absolute Gasteiger partial charge is 0.313 e. The van der Waals surface area contributed by atoms with Crippen LogP contribution >= 0.6 is 0 Å². The molecule has 0 saturated carbocycles. The molecule has 0 bridgehead atoms. The van der Waals surface area contributed by atoms with Gasteiger partial charge < -0.3 is 16.0 Å². The van der Waals surface area contributed by atoms with Gasteiger partial charge >= 0.3 is 11.8 Å². The first kappa shape index (κ1) is 18.5. The molecule has 3 amide bonds. The standard InChI is InChI=1S/C19H17F2N3O3/c1-10(11-2-6-15-12(8-11)3-7-17(25)23-15)22-18(26)19(27)24-16-9-13(20)4-5-14(16)21/h2,4-6,8-10H,3,7H2,1H3,(H,22,26)(H,23,25)(H,24,27). The van der Waals surface area contributed by atoms with E-state index in [2.05, 4.69) is 10.6 Å². The molecule has 6 nitrogen and oxygen atoms in total. The Hall–Kier alpha value is -3.29. The third-order valence-electron chi connectivity index (χ3n) is 4.26. The van der Waals surface area contributed by atoms with E-state index in [1.54, 1.807) is 19.1 Å². The molecule has 3 rings (SSSR count). The van der Waals surface area contributed by atoms with Crippen LogP contribution in [0, 0.1) is 11.6 Å². The van der Waals surface area contributed by atoms with Gasteiger partial charge in [0, 0.05) is 18.2 Å². The zero-order valence-electron chi connectivity index (χ0n) is 14.4. The number of rotatable bonds is 3. The number of hydrogen-bond acceptors (Lipinski definition) is 3. The SMILES string of the molecule is CC(NC(=O)C(=O)Nc1cc(F)ccc1F)c1ccc2c(c1)CCC(=O)N2. The van der Waals surface area contributed by atoms with Crippen molar-refractivity contribution in [3.05, 3.63) is 59.2 Å². The van der Waals surface area contributed by atoms with E-state index < -0.39 is 35.2 Å². The monoisotopic (exact) mass is 373 g/mol. The Kier molecular flexibility index (Phi) is 5.16. The van der Waals surface area contributed by atoms with Crippen molar-refractivity contribution < 1.29 is 23.2 Å². The summed E-state index contributed by atoms with van der Waals surface area (Å²) in [4.78, 5) is 35.4. The van der Waals surface area contributed by atoms with E-state index >= 15 is 0 Å². The van der Waals surface area contributed by atoms with Crippen LogP contribution in [0.3, 0.4) is 0 Å². The number of carbonyl (C=O) groups is 3. The first-order valence-corrected chi connectivity index (χ1v) is 8.33. The maximum Gasteiger partial charge on any atom is 0.313 e. The van der Waals surface area contributed by atoms with Crippen LogP contribution in [0.1, 0.15) is 30.5 Å². The molecule has 1 aliphatic rings. The number of benzene rings is 2. The molecule has 2 aromatic rings. The highest BCUT2D eigenvalue weighted by Gasteiger charge is 2.20. The second kappa shape index (κ2) is 7.53. The number of nitrogens with one attached hydrogen (secondary N) is 3. The van der Waals surface area contributed by atoms with Crippen molar-refractivity contribution in [2.45, 2.75) is 25.8 Å². The van der Waals surface area contributed by atoms with Gasteiger partial charge in [0.15, 0.2) is 0 Å². The normalized spacial score (nSPS) is 14.0. The summed E-state index contributed by atoms with van der Waals surface area (Å²) in [6.45, 7) is 1.69. The molecule has 0 aromatic heterocycles. The third kappa shape index (κ3) is 4.28. The van der Waals surface area contributed by atoms with Gasteiger partial charge in [-0.1, -0.05) is 12.1 Å². The summed E-state index contributed by atoms with van der Waals surface area (Å²) in [6, 6.07) is 7.39. The highest BCUT2D eigenvalue weighted by atomic mass is 19.1. The van der Waals surface area contributed by atoms with E-state index in [-0.39, 0.29) is 5.91 Å². The first-order chi connectivity index (χ1) is 12.8. The van der Waals surface area contributed by atoms with Crippen LogP contribution in [0.25, 0.3) is 0 Å². The molecule has 1 aliphatic heterocycles. The van der Waals surface area contributed by atoms with Gasteiger partial charge in [0.25, 0.3) is 0 Å². The fraction of sp³-hybridized carbons (Fsp3) is 0.211. The minimum absolute atomic E-state index is 0.0437. The zero-order valence-corrected chi connectivity index (χ0v) is 14.4. The van der Waals surface area contributed by atoms with Gasteiger partial charge in [0.05, 0.1) is 11.7 Å². The molecular weight excluding hydrogens is 356 g/mol. The topological polar surface area (TPSA) is 87.3 Å². The van der Waals surface area contributed by atoms with Crippen molar-refractivity contribution in [2.75, 3.05) is 10.6 Å². The summed E-state index contributed by atoms with van der Waals surface area (Å²) in [5.41, 5.74) is 2.02. The van der Waals surface area contributed by atoms with Crippen LogP contribution in [-0.4, -0.2) is 17.7 Å². The van der Waals surface area contributed by atoms with Crippen molar-refractivity contribution in [2.24, 2.45) is 0 Å². The molecule has 8 heteroatoms. The summed E-state index contributed by atoms with van der Waals surface area (Å²) < 4.78 is 26.7. The predicted octanol–water partition coefficient (Wildman–Crippen LogP) is 2.67. The Morgan fingerprint density at radius 2 is 1.85 bits per heavy atom. The van der Waals surface area contributed by atoms with Crippen molar-refractivity contribution >= 4 is 29.1 Å². The van der Waals surface area contributed by atoms with Crippen LogP contribution in [0.4, 0.5) is 20.2 Å². The van der Waals surface area contributed by atoms with Gasteiger partial charge in [0.2, 0.25) is 5.91 Å². The summed E-state index contributed by atoms with van der Waals surface area (Å²) in [6.07, 6.45) is 0.980. The molecular formula is C19H17F2N3O3. The number of halogens is 2. The summed E-state index contributed by atoms with van der Waals surface area (Å²) in [5.74, 6) is -3.70. The zero-order chi connectivity index (χ0) is 19.6. The van der Waals surface area contributed by atoms with Crippen LogP contribution in [0.2, 0.25) is 0 Å². The molecule has 140 valence electrons. The van der Waals surface area contributed by atoms with E-state index in [0.29, 0.717) is 12.8 Å². The lowest BCUT2D eigenvalue weighted by Gasteiger charge is -2.20. The number of carbonyl (C=O) groups excluding carboxylic acids is 3. The lowest BCUT2D eigenvalue weighted by Crippen LogP contribution is -2.37. The lowest BCUT2D eigenvalue weighted by atomic mass is 9.98. The molecule has 0 aliphatic carbocycles. The molecule has 3 N–H and O–H groups in total. The van der Waals surface area contributed by atoms with Crippen molar-refractivity contribution in [3.63, 3.8) is 0 Å². The maximum atomic E-state index is 13.6.